The van der Waals surface area contributed by atoms with Crippen molar-refractivity contribution in [3.8, 4) is 0 Å². The van der Waals surface area contributed by atoms with Crippen LogP contribution in [0.15, 0.2) is 25.3 Å². The Bertz CT molecular complexity index is 283. The first kappa shape index (κ1) is 14.5. The molecule has 0 radical (unpaired) electrons. The summed E-state index contributed by atoms with van der Waals surface area (Å²) in [5, 5.41) is 17.8. The van der Waals surface area contributed by atoms with E-state index in [1.165, 1.54) is 0 Å². The fourth-order valence-corrected chi connectivity index (χ4v) is 1.27. The predicted octanol–water partition coefficient (Wildman–Crippen LogP) is -1.28. The van der Waals surface area contributed by atoms with Crippen LogP contribution in [0.2, 0.25) is 0 Å². The van der Waals surface area contributed by atoms with Crippen LogP contribution in [0, 0.1) is 0 Å². The average molecular weight is 229 g/mol. The van der Waals surface area contributed by atoms with Crippen molar-refractivity contribution in [2.24, 2.45) is 0 Å². The first-order chi connectivity index (χ1) is 7.56. The minimum Gasteiger partial charge on any atom is -0.390 e. The third kappa shape index (κ3) is 3.58. The molecule has 0 heterocycles. The maximum atomic E-state index is 11.6. The zero-order valence-corrected chi connectivity index (χ0v) is 9.06. The van der Waals surface area contributed by atoms with E-state index in [-0.39, 0.29) is 26.3 Å². The number of carbonyl (C=O) groups is 2. The lowest BCUT2D eigenvalue weighted by atomic mass is 10.4. The third-order valence-electron chi connectivity index (χ3n) is 2.07. The number of carbonyl (C=O) groups excluding carboxylic acids is 2. The Balaban J connectivity index is 5.05. The number of quaternary nitrogens is 1. The molecule has 0 bridgehead atoms. The van der Waals surface area contributed by atoms with E-state index in [9.17, 15) is 9.59 Å². The number of nitrogens with zero attached hydrogens (tertiary/aromatic N) is 1. The summed E-state index contributed by atoms with van der Waals surface area (Å²) in [6.07, 6.45) is 2.05. The zero-order chi connectivity index (χ0) is 12.6. The number of aliphatic hydroxyl groups excluding tert-OH is 2. The van der Waals surface area contributed by atoms with Crippen LogP contribution in [0.3, 0.4) is 0 Å². The van der Waals surface area contributed by atoms with Crippen LogP contribution in [0.25, 0.3) is 0 Å². The molecule has 0 unspecified atom stereocenters. The van der Waals surface area contributed by atoms with Gasteiger partial charge in [0.05, 0.1) is 13.2 Å². The van der Waals surface area contributed by atoms with Gasteiger partial charge in [-0.2, -0.15) is 10.0 Å². The fraction of sp³-hybridized carbons (Fsp3) is 0.400. The lowest BCUT2D eigenvalue weighted by Gasteiger charge is -2.32. The van der Waals surface area contributed by atoms with E-state index in [0.717, 1.165) is 12.2 Å². The summed E-state index contributed by atoms with van der Waals surface area (Å²) in [7, 11) is 0. The molecule has 6 nitrogen and oxygen atoms in total. The molecule has 0 atom stereocenters. The summed E-state index contributed by atoms with van der Waals surface area (Å²) in [6, 6.07) is 0. The monoisotopic (exact) mass is 229 g/mol. The summed E-state index contributed by atoms with van der Waals surface area (Å²) in [5.41, 5.74) is 2.37. The van der Waals surface area contributed by atoms with Gasteiger partial charge in [-0.25, -0.2) is 4.79 Å². The van der Waals surface area contributed by atoms with Crippen molar-refractivity contribution >= 4 is 11.8 Å². The van der Waals surface area contributed by atoms with Gasteiger partial charge in [-0.1, -0.05) is 13.2 Å². The average Bonchev–Trinajstić information content (AvgIpc) is 2.28. The van der Waals surface area contributed by atoms with Crippen LogP contribution in [0.5, 0.6) is 0 Å². The van der Waals surface area contributed by atoms with Crippen LogP contribution >= 0.6 is 0 Å². The van der Waals surface area contributed by atoms with Crippen molar-refractivity contribution in [1.82, 2.24) is 5.43 Å². The molecule has 0 fully saturated rings. The van der Waals surface area contributed by atoms with Crippen LogP contribution in [0.4, 0.5) is 0 Å². The topological polar surface area (TPSA) is 86.6 Å². The fourth-order valence-electron chi connectivity index (χ4n) is 1.27. The minimum atomic E-state index is -0.568. The lowest BCUT2D eigenvalue weighted by Crippen LogP contribution is -2.65. The van der Waals surface area contributed by atoms with Gasteiger partial charge in [-0.05, 0) is 0 Å². The number of amides is 2. The van der Waals surface area contributed by atoms with Crippen molar-refractivity contribution in [2.45, 2.75) is 0 Å². The minimum absolute atomic E-state index is 0.0367. The zero-order valence-electron chi connectivity index (χ0n) is 9.06. The maximum Gasteiger partial charge on any atom is 0.362 e. The molecule has 0 aliphatic heterocycles. The van der Waals surface area contributed by atoms with Gasteiger partial charge in [0, 0.05) is 12.2 Å². The second kappa shape index (κ2) is 6.89. The number of aliphatic hydroxyl groups is 2. The Morgan fingerprint density at radius 2 is 1.62 bits per heavy atom. The molecular weight excluding hydrogens is 212 g/mol. The molecule has 3 N–H and O–H groups in total. The Morgan fingerprint density at radius 1 is 1.12 bits per heavy atom. The molecule has 0 aromatic carbocycles. The van der Waals surface area contributed by atoms with E-state index in [1.54, 1.807) is 0 Å². The van der Waals surface area contributed by atoms with Gasteiger partial charge in [0.1, 0.15) is 13.1 Å². The van der Waals surface area contributed by atoms with Gasteiger partial charge in [-0.15, -0.1) is 0 Å². The molecule has 0 spiro atoms. The summed E-state index contributed by atoms with van der Waals surface area (Å²) < 4.78 is -0.568. The summed E-state index contributed by atoms with van der Waals surface area (Å²) in [4.78, 5) is 22.9. The predicted molar refractivity (Wildman–Crippen MR) is 57.7 cm³/mol. The van der Waals surface area contributed by atoms with E-state index in [0.29, 0.717) is 0 Å². The number of hydrogen-bond donors (Lipinski definition) is 3. The SMILES string of the molecule is C=CC(=O)N[N+](CCO)(CCO)C(=O)C=C. The number of nitrogens with one attached hydrogen (secondary N) is 1. The normalized spacial score (nSPS) is 10.6. The highest BCUT2D eigenvalue weighted by molar-refractivity contribution is 5.88. The highest BCUT2D eigenvalue weighted by atomic mass is 16.3. The molecule has 90 valence electrons. The van der Waals surface area contributed by atoms with Crippen molar-refractivity contribution in [3.63, 3.8) is 0 Å². The standard InChI is InChI=1S/C10H16N2O4/c1-3-9(15)11-12(5-7-13,6-8-14)10(16)4-2/h3-4,13-14H,1-2,5-8H2/p+1. The van der Waals surface area contributed by atoms with Gasteiger partial charge >= 0.3 is 5.91 Å². The molecule has 0 aliphatic carbocycles. The molecule has 2 amide bonds. The van der Waals surface area contributed by atoms with Crippen molar-refractivity contribution in [3.05, 3.63) is 25.3 Å². The molecule has 0 aromatic heterocycles. The summed E-state index contributed by atoms with van der Waals surface area (Å²) >= 11 is 0. The quantitative estimate of drug-likeness (QED) is 0.301. The van der Waals surface area contributed by atoms with Crippen LogP contribution < -0.4 is 5.43 Å². The van der Waals surface area contributed by atoms with Crippen molar-refractivity contribution in [1.29, 1.82) is 0 Å². The Labute approximate surface area is 94.0 Å². The molecule has 0 rings (SSSR count). The van der Waals surface area contributed by atoms with E-state index in [1.807, 2.05) is 0 Å². The summed E-state index contributed by atoms with van der Waals surface area (Å²) in [6.45, 7) is 5.89. The van der Waals surface area contributed by atoms with Gasteiger partial charge in [0.15, 0.2) is 0 Å². The molecule has 6 heteroatoms. The highest BCUT2D eigenvalue weighted by Crippen LogP contribution is 2.04. The molecule has 0 aromatic rings. The van der Waals surface area contributed by atoms with E-state index < -0.39 is 16.4 Å². The van der Waals surface area contributed by atoms with Crippen LogP contribution in [0.1, 0.15) is 0 Å². The second-order valence-electron chi connectivity index (χ2n) is 3.08. The maximum absolute atomic E-state index is 11.6. The van der Waals surface area contributed by atoms with E-state index in [4.69, 9.17) is 10.2 Å². The largest absolute Gasteiger partial charge is 0.390 e. The van der Waals surface area contributed by atoms with E-state index >= 15 is 0 Å². The van der Waals surface area contributed by atoms with Crippen molar-refractivity contribution in [2.75, 3.05) is 26.3 Å². The molecule has 0 saturated heterocycles. The van der Waals surface area contributed by atoms with Crippen LogP contribution in [-0.4, -0.2) is 52.9 Å². The molecular formula is C10H17N2O4+. The number of hydrogen-bond acceptors (Lipinski definition) is 4. The van der Waals surface area contributed by atoms with Gasteiger partial charge < -0.3 is 10.2 Å². The molecule has 0 saturated carbocycles. The second-order valence-corrected chi connectivity index (χ2v) is 3.08. The Hall–Kier alpha value is -1.50. The number of rotatable bonds is 6. The van der Waals surface area contributed by atoms with Gasteiger partial charge in [-0.3, -0.25) is 4.79 Å². The first-order valence-electron chi connectivity index (χ1n) is 4.76. The van der Waals surface area contributed by atoms with Gasteiger partial charge in [0.2, 0.25) is 0 Å². The highest BCUT2D eigenvalue weighted by Gasteiger charge is 2.35. The molecule has 16 heavy (non-hydrogen) atoms. The van der Waals surface area contributed by atoms with Crippen LogP contribution in [-0.2, 0) is 9.59 Å². The Kier molecular flexibility index (Phi) is 6.24. The Morgan fingerprint density at radius 3 is 1.94 bits per heavy atom. The summed E-state index contributed by atoms with van der Waals surface area (Å²) in [5.74, 6) is -1.06. The molecule has 0 aliphatic rings. The third-order valence-corrected chi connectivity index (χ3v) is 2.07. The van der Waals surface area contributed by atoms with Crippen molar-refractivity contribution < 1.29 is 24.4 Å². The van der Waals surface area contributed by atoms with Gasteiger partial charge in [0.25, 0.3) is 5.91 Å². The van der Waals surface area contributed by atoms with E-state index in [2.05, 4.69) is 18.6 Å². The smallest absolute Gasteiger partial charge is 0.362 e. The lowest BCUT2D eigenvalue weighted by molar-refractivity contribution is -0.887. The first-order valence-corrected chi connectivity index (χ1v) is 4.76.